The topological polar surface area (TPSA) is 203 Å². The van der Waals surface area contributed by atoms with Crippen molar-refractivity contribution in [3.8, 4) is 5.75 Å². The molecule has 0 saturated carbocycles. The first-order valence-electron chi connectivity index (χ1n) is 13.2. The van der Waals surface area contributed by atoms with Crippen molar-refractivity contribution in [3.63, 3.8) is 0 Å². The minimum Gasteiger partial charge on any atom is -0.508 e. The van der Waals surface area contributed by atoms with E-state index in [0.29, 0.717) is 11.1 Å². The summed E-state index contributed by atoms with van der Waals surface area (Å²) in [5.74, 6) is -4.60. The molecule has 1 aliphatic heterocycles. The van der Waals surface area contributed by atoms with Crippen LogP contribution in [0.25, 0.3) is 0 Å². The minimum atomic E-state index is -1.30. The van der Waals surface area contributed by atoms with Crippen molar-refractivity contribution in [3.05, 3.63) is 65.7 Å². The summed E-state index contributed by atoms with van der Waals surface area (Å²) >= 11 is 0. The summed E-state index contributed by atoms with van der Waals surface area (Å²) in [6.45, 7) is 2.66. The lowest BCUT2D eigenvalue weighted by Crippen LogP contribution is -2.58. The van der Waals surface area contributed by atoms with E-state index in [0.717, 1.165) is 21.6 Å². The Labute approximate surface area is 255 Å². The number of carbonyl (C=O) groups is 6. The van der Waals surface area contributed by atoms with Crippen LogP contribution in [-0.4, -0.2) is 81.4 Å². The first-order chi connectivity index (χ1) is 20.4. The second-order valence-corrected chi connectivity index (χ2v) is 12.3. The third-order valence-corrected chi connectivity index (χ3v) is 8.73. The number of rotatable bonds is 7. The maximum absolute atomic E-state index is 13.3. The normalized spacial score (nSPS) is 22.5. The zero-order valence-electron chi connectivity index (χ0n) is 23.4. The lowest BCUT2D eigenvalue weighted by Gasteiger charge is -2.26. The van der Waals surface area contributed by atoms with Crippen LogP contribution in [0.5, 0.6) is 5.75 Å². The number of aromatic hydroxyl groups is 1. The van der Waals surface area contributed by atoms with Gasteiger partial charge in [-0.15, -0.1) is 0 Å². The van der Waals surface area contributed by atoms with E-state index >= 15 is 0 Å². The third kappa shape index (κ3) is 10.2. The number of aliphatic carboxylic acids is 1. The van der Waals surface area contributed by atoms with Crippen molar-refractivity contribution in [2.75, 3.05) is 11.5 Å². The number of phenolic OH excluding ortho intramolecular Hbond substituents is 1. The van der Waals surface area contributed by atoms with Crippen LogP contribution >= 0.6 is 21.6 Å². The summed E-state index contributed by atoms with van der Waals surface area (Å²) in [5.41, 5.74) is 1.06. The largest absolute Gasteiger partial charge is 0.508 e. The van der Waals surface area contributed by atoms with Crippen molar-refractivity contribution in [2.45, 2.75) is 50.5 Å². The zero-order valence-corrected chi connectivity index (χ0v) is 25.0. The number of carbonyl (C=O) groups excluding carboxylic acids is 5. The van der Waals surface area contributed by atoms with E-state index in [1.54, 1.807) is 42.5 Å². The van der Waals surface area contributed by atoms with Gasteiger partial charge in [-0.05, 0) is 30.2 Å². The van der Waals surface area contributed by atoms with Crippen LogP contribution in [0.3, 0.4) is 0 Å². The second-order valence-electron chi connectivity index (χ2n) is 9.74. The standard InChI is InChI=1S/C28H33N5O8S2/c1-15-24(36)33-23(18-6-4-3-5-7-18)27(39)32-22(28(40)41)14-43-42-13-21(26(38)29-15)31-25(37)20(30-16(2)34)12-17-8-10-19(35)11-9-17/h3-11,15,20-23,35H,12-14H2,1-2H3,(H,29,38)(H,30,34)(H,31,37)(H,32,39)(H,33,36)(H,40,41)/t15-,20-,21-,22-,23-/m0/s1. The number of benzene rings is 2. The van der Waals surface area contributed by atoms with Crippen LogP contribution in [-0.2, 0) is 35.2 Å². The molecule has 15 heteroatoms. The van der Waals surface area contributed by atoms with Gasteiger partial charge in [0.15, 0.2) is 0 Å². The average molecular weight is 632 g/mol. The number of carboxylic acid groups (broad SMARTS) is 1. The fourth-order valence-corrected chi connectivity index (χ4v) is 6.35. The van der Waals surface area contributed by atoms with Crippen molar-refractivity contribution >= 4 is 57.1 Å². The van der Waals surface area contributed by atoms with Crippen LogP contribution in [0.2, 0.25) is 0 Å². The Morgan fingerprint density at radius 3 is 2.19 bits per heavy atom. The molecule has 5 atom stereocenters. The molecule has 230 valence electrons. The van der Waals surface area contributed by atoms with Gasteiger partial charge >= 0.3 is 5.97 Å². The van der Waals surface area contributed by atoms with Gasteiger partial charge in [0.05, 0.1) is 0 Å². The third-order valence-electron chi connectivity index (χ3n) is 6.30. The Morgan fingerprint density at radius 2 is 1.56 bits per heavy atom. The summed E-state index contributed by atoms with van der Waals surface area (Å²) < 4.78 is 0. The van der Waals surface area contributed by atoms with E-state index in [1.165, 1.54) is 26.0 Å². The van der Waals surface area contributed by atoms with E-state index in [1.807, 2.05) is 0 Å². The molecular weight excluding hydrogens is 598 g/mol. The highest BCUT2D eigenvalue weighted by molar-refractivity contribution is 8.76. The zero-order chi connectivity index (χ0) is 31.5. The van der Waals surface area contributed by atoms with Crippen LogP contribution < -0.4 is 26.6 Å². The van der Waals surface area contributed by atoms with Crippen LogP contribution in [0.1, 0.15) is 31.0 Å². The molecule has 13 nitrogen and oxygen atoms in total. The van der Waals surface area contributed by atoms with E-state index < -0.39 is 65.7 Å². The van der Waals surface area contributed by atoms with Gasteiger partial charge in [0.1, 0.15) is 36.0 Å². The molecule has 0 bridgehead atoms. The number of hydrogen-bond acceptors (Lipinski definition) is 9. The smallest absolute Gasteiger partial charge is 0.327 e. The predicted molar refractivity (Wildman–Crippen MR) is 161 cm³/mol. The summed E-state index contributed by atoms with van der Waals surface area (Å²) in [7, 11) is 2.18. The molecule has 43 heavy (non-hydrogen) atoms. The van der Waals surface area contributed by atoms with Crippen molar-refractivity contribution in [1.82, 2.24) is 26.6 Å². The lowest BCUT2D eigenvalue weighted by atomic mass is 10.0. The molecule has 0 radical (unpaired) electrons. The van der Waals surface area contributed by atoms with Gasteiger partial charge in [0, 0.05) is 24.9 Å². The maximum Gasteiger partial charge on any atom is 0.327 e. The summed E-state index contributed by atoms with van der Waals surface area (Å²) in [6.07, 6.45) is 0.0710. The fraction of sp³-hybridized carbons (Fsp3) is 0.357. The van der Waals surface area contributed by atoms with E-state index in [2.05, 4.69) is 26.6 Å². The number of nitrogens with one attached hydrogen (secondary N) is 5. The Balaban J connectivity index is 1.82. The molecule has 0 aromatic heterocycles. The van der Waals surface area contributed by atoms with Gasteiger partial charge in [-0.1, -0.05) is 64.1 Å². The lowest BCUT2D eigenvalue weighted by molar-refractivity contribution is -0.141. The van der Waals surface area contributed by atoms with Crippen LogP contribution in [0, 0.1) is 0 Å². The SMILES string of the molecule is CC(=O)N[C@@H](Cc1ccc(O)cc1)C(=O)N[C@H]1CSSC[C@@H](C(=O)O)NC(=O)[C@H](c2ccccc2)NC(=O)[C@H](C)NC1=O. The first-order valence-corrected chi connectivity index (χ1v) is 15.7. The van der Waals surface area contributed by atoms with E-state index in [4.69, 9.17) is 0 Å². The molecule has 1 saturated heterocycles. The molecular formula is C28H33N5O8S2. The molecule has 1 heterocycles. The van der Waals surface area contributed by atoms with E-state index in [9.17, 15) is 39.0 Å². The number of phenols is 1. The molecule has 2 aromatic carbocycles. The molecule has 1 fully saturated rings. The summed E-state index contributed by atoms with van der Waals surface area (Å²) in [4.78, 5) is 76.5. The van der Waals surface area contributed by atoms with Crippen molar-refractivity contribution in [2.24, 2.45) is 0 Å². The number of hydrogen-bond donors (Lipinski definition) is 7. The average Bonchev–Trinajstić information content (AvgIpc) is 2.96. The molecule has 2 aromatic rings. The van der Waals surface area contributed by atoms with Gasteiger partial charge in [-0.25, -0.2) is 4.79 Å². The second kappa shape index (κ2) is 15.8. The quantitative estimate of drug-likeness (QED) is 0.208. The Hall–Kier alpha value is -4.24. The Morgan fingerprint density at radius 1 is 0.907 bits per heavy atom. The van der Waals surface area contributed by atoms with Crippen molar-refractivity contribution < 1.29 is 39.0 Å². The number of amides is 5. The maximum atomic E-state index is 13.3. The Kier molecular flexibility index (Phi) is 12.3. The monoisotopic (exact) mass is 631 g/mol. The van der Waals surface area contributed by atoms with Gasteiger partial charge < -0.3 is 36.8 Å². The van der Waals surface area contributed by atoms with Crippen LogP contribution in [0.15, 0.2) is 54.6 Å². The summed E-state index contributed by atoms with van der Waals surface area (Å²) in [5, 5.41) is 32.0. The van der Waals surface area contributed by atoms with Gasteiger partial charge in [0.2, 0.25) is 29.5 Å². The molecule has 3 rings (SSSR count). The highest BCUT2D eigenvalue weighted by Gasteiger charge is 2.32. The first kappa shape index (κ1) is 33.3. The molecule has 0 spiro atoms. The Bertz CT molecular complexity index is 1330. The predicted octanol–water partition coefficient (Wildman–Crippen LogP) is 0.251. The minimum absolute atomic E-state index is 0.0183. The molecule has 5 amide bonds. The summed E-state index contributed by atoms with van der Waals surface area (Å²) in [6, 6.07) is 8.44. The number of carboxylic acids is 1. The molecule has 1 aliphatic rings. The van der Waals surface area contributed by atoms with Gasteiger partial charge in [-0.2, -0.15) is 0 Å². The highest BCUT2D eigenvalue weighted by atomic mass is 33.1. The molecule has 0 aliphatic carbocycles. The molecule has 0 unspecified atom stereocenters. The van der Waals surface area contributed by atoms with E-state index in [-0.39, 0.29) is 23.7 Å². The molecule has 7 N–H and O–H groups in total. The van der Waals surface area contributed by atoms with Gasteiger partial charge in [-0.3, -0.25) is 24.0 Å². The fourth-order valence-electron chi connectivity index (χ4n) is 4.03. The van der Waals surface area contributed by atoms with Crippen molar-refractivity contribution in [1.29, 1.82) is 0 Å². The highest BCUT2D eigenvalue weighted by Crippen LogP contribution is 2.24. The van der Waals surface area contributed by atoms with Crippen LogP contribution in [0.4, 0.5) is 0 Å². The van der Waals surface area contributed by atoms with Gasteiger partial charge in [0.25, 0.3) is 0 Å².